The van der Waals surface area contributed by atoms with E-state index < -0.39 is 0 Å². The largest absolute Gasteiger partial charge is 0.475 e. The van der Waals surface area contributed by atoms with Gasteiger partial charge >= 0.3 is 0 Å². The molecule has 0 bridgehead atoms. The van der Waals surface area contributed by atoms with E-state index in [1.165, 1.54) is 12.3 Å². The molecule has 0 aliphatic carbocycles. The van der Waals surface area contributed by atoms with Gasteiger partial charge in [0, 0.05) is 12.1 Å². The van der Waals surface area contributed by atoms with E-state index in [-0.39, 0.29) is 11.9 Å². The minimum atomic E-state index is -0.350. The van der Waals surface area contributed by atoms with Crippen molar-refractivity contribution in [2.45, 2.75) is 40.3 Å². The van der Waals surface area contributed by atoms with Gasteiger partial charge < -0.3 is 14.8 Å². The van der Waals surface area contributed by atoms with Crippen molar-refractivity contribution in [3.63, 3.8) is 0 Å². The van der Waals surface area contributed by atoms with Gasteiger partial charge in [-0.15, -0.1) is 0 Å². The number of halogens is 1. The highest BCUT2D eigenvalue weighted by molar-refractivity contribution is 5.26. The fraction of sp³-hybridized carbons (Fsp3) is 0.667. The third kappa shape index (κ3) is 6.82. The first-order chi connectivity index (χ1) is 9.49. The van der Waals surface area contributed by atoms with E-state index in [1.807, 2.05) is 13.8 Å². The molecule has 0 fully saturated rings. The molecule has 5 heteroatoms. The molecule has 20 heavy (non-hydrogen) atoms. The number of ether oxygens (including phenoxy) is 2. The second-order valence-corrected chi connectivity index (χ2v) is 5.41. The Morgan fingerprint density at radius 3 is 2.65 bits per heavy atom. The molecule has 0 saturated heterocycles. The number of nitrogens with zero attached hydrogens (tertiary/aromatic N) is 1. The van der Waals surface area contributed by atoms with Crippen LogP contribution in [0.3, 0.4) is 0 Å². The Labute approximate surface area is 120 Å². The van der Waals surface area contributed by atoms with Gasteiger partial charge in [-0.3, -0.25) is 0 Å². The minimum Gasteiger partial charge on any atom is -0.475 e. The number of aromatic nitrogens is 1. The van der Waals surface area contributed by atoms with Crippen LogP contribution in [0.4, 0.5) is 4.39 Å². The maximum absolute atomic E-state index is 13.3. The smallest absolute Gasteiger partial charge is 0.218 e. The molecule has 1 rings (SSSR count). The zero-order valence-electron chi connectivity index (χ0n) is 12.8. The summed E-state index contributed by atoms with van der Waals surface area (Å²) in [5.41, 5.74) is 0.732. The van der Waals surface area contributed by atoms with E-state index in [0.717, 1.165) is 12.1 Å². The quantitative estimate of drug-likeness (QED) is 0.708. The highest BCUT2D eigenvalue weighted by atomic mass is 19.1. The van der Waals surface area contributed by atoms with E-state index in [9.17, 15) is 4.39 Å². The average molecular weight is 284 g/mol. The van der Waals surface area contributed by atoms with Crippen LogP contribution in [0.2, 0.25) is 0 Å². The van der Waals surface area contributed by atoms with Crippen molar-refractivity contribution in [3.8, 4) is 5.88 Å². The van der Waals surface area contributed by atoms with E-state index in [0.29, 0.717) is 31.6 Å². The van der Waals surface area contributed by atoms with Gasteiger partial charge in [0.2, 0.25) is 5.88 Å². The number of hydrogen-bond donors (Lipinski definition) is 1. The molecule has 0 spiro atoms. The molecule has 1 aromatic rings. The highest BCUT2D eigenvalue weighted by Crippen LogP contribution is 2.16. The number of rotatable bonds is 9. The van der Waals surface area contributed by atoms with Crippen LogP contribution < -0.4 is 10.1 Å². The van der Waals surface area contributed by atoms with E-state index in [4.69, 9.17) is 9.47 Å². The molecule has 0 aromatic carbocycles. The van der Waals surface area contributed by atoms with E-state index in [1.54, 1.807) is 0 Å². The predicted octanol–water partition coefficient (Wildman–Crippen LogP) is 2.77. The molecule has 1 heterocycles. The van der Waals surface area contributed by atoms with Crippen molar-refractivity contribution in [1.82, 2.24) is 10.3 Å². The lowest BCUT2D eigenvalue weighted by atomic mass is 10.2. The Balaban J connectivity index is 2.51. The van der Waals surface area contributed by atoms with Crippen LogP contribution in [0.5, 0.6) is 5.88 Å². The topological polar surface area (TPSA) is 43.4 Å². The van der Waals surface area contributed by atoms with Gasteiger partial charge in [0.05, 0.1) is 18.9 Å². The Morgan fingerprint density at radius 2 is 2.00 bits per heavy atom. The Bertz CT molecular complexity index is 397. The summed E-state index contributed by atoms with van der Waals surface area (Å²) in [5, 5.41) is 3.26. The summed E-state index contributed by atoms with van der Waals surface area (Å²) in [7, 11) is 0. The Kier molecular flexibility index (Phi) is 7.47. The first kappa shape index (κ1) is 16.9. The predicted molar refractivity (Wildman–Crippen MR) is 77.3 cm³/mol. The van der Waals surface area contributed by atoms with Crippen molar-refractivity contribution in [1.29, 1.82) is 0 Å². The fourth-order valence-corrected chi connectivity index (χ4v) is 1.64. The van der Waals surface area contributed by atoms with Crippen LogP contribution >= 0.6 is 0 Å². The second kappa shape index (κ2) is 8.87. The molecule has 0 aliphatic rings. The van der Waals surface area contributed by atoms with Crippen LogP contribution in [0, 0.1) is 11.7 Å². The van der Waals surface area contributed by atoms with Gasteiger partial charge in [-0.05, 0) is 32.4 Å². The lowest BCUT2D eigenvalue weighted by molar-refractivity contribution is 0.0539. The van der Waals surface area contributed by atoms with Crippen molar-refractivity contribution in [2.24, 2.45) is 5.92 Å². The van der Waals surface area contributed by atoms with Crippen LogP contribution in [-0.4, -0.2) is 30.8 Å². The van der Waals surface area contributed by atoms with Gasteiger partial charge in [0.15, 0.2) is 0 Å². The van der Waals surface area contributed by atoms with Crippen molar-refractivity contribution < 1.29 is 13.9 Å². The summed E-state index contributed by atoms with van der Waals surface area (Å²) >= 11 is 0. The van der Waals surface area contributed by atoms with Crippen LogP contribution in [-0.2, 0) is 11.3 Å². The molecule has 0 atom stereocenters. The normalized spacial score (nSPS) is 11.3. The molecule has 0 radical (unpaired) electrons. The minimum absolute atomic E-state index is 0.173. The average Bonchev–Trinajstić information content (AvgIpc) is 2.36. The van der Waals surface area contributed by atoms with Crippen molar-refractivity contribution >= 4 is 0 Å². The third-order valence-electron chi connectivity index (χ3n) is 2.53. The molecule has 4 nitrogen and oxygen atoms in total. The van der Waals surface area contributed by atoms with Crippen LogP contribution in [0.15, 0.2) is 12.3 Å². The van der Waals surface area contributed by atoms with Gasteiger partial charge in [0.1, 0.15) is 12.4 Å². The molecule has 0 amide bonds. The Hall–Kier alpha value is -1.20. The zero-order valence-corrected chi connectivity index (χ0v) is 12.8. The number of pyridine rings is 1. The first-order valence-electron chi connectivity index (χ1n) is 7.08. The molecular formula is C15H25FN2O2. The molecule has 114 valence electrons. The molecule has 0 unspecified atom stereocenters. The summed E-state index contributed by atoms with van der Waals surface area (Å²) < 4.78 is 24.2. The Morgan fingerprint density at radius 1 is 1.25 bits per heavy atom. The van der Waals surface area contributed by atoms with Gasteiger partial charge in [-0.2, -0.15) is 0 Å². The first-order valence-corrected chi connectivity index (χ1v) is 7.08. The highest BCUT2D eigenvalue weighted by Gasteiger charge is 2.08. The van der Waals surface area contributed by atoms with Crippen molar-refractivity contribution in [2.75, 3.05) is 19.8 Å². The summed E-state index contributed by atoms with van der Waals surface area (Å²) in [6.45, 7) is 10.5. The lowest BCUT2D eigenvalue weighted by Crippen LogP contribution is -2.20. The van der Waals surface area contributed by atoms with E-state index >= 15 is 0 Å². The van der Waals surface area contributed by atoms with Crippen LogP contribution in [0.25, 0.3) is 0 Å². The van der Waals surface area contributed by atoms with E-state index in [2.05, 4.69) is 24.1 Å². The molecule has 1 aromatic heterocycles. The maximum Gasteiger partial charge on any atom is 0.218 e. The molecular weight excluding hydrogens is 259 g/mol. The molecule has 0 aliphatic heterocycles. The fourth-order valence-electron chi connectivity index (χ4n) is 1.64. The van der Waals surface area contributed by atoms with Crippen molar-refractivity contribution in [3.05, 3.63) is 23.6 Å². The lowest BCUT2D eigenvalue weighted by Gasteiger charge is -2.13. The number of nitrogens with one attached hydrogen (secondary N) is 1. The standard InChI is InChI=1S/C15H25FN2O2/c1-11(2)8-17-9-13-7-14(16)10-18-15(13)20-6-5-19-12(3)4/h7,10-12,17H,5-6,8-9H2,1-4H3. The summed E-state index contributed by atoms with van der Waals surface area (Å²) in [4.78, 5) is 4.00. The molecule has 0 saturated carbocycles. The van der Waals surface area contributed by atoms with Gasteiger partial charge in [-0.1, -0.05) is 13.8 Å². The van der Waals surface area contributed by atoms with Gasteiger partial charge in [-0.25, -0.2) is 9.37 Å². The maximum atomic E-state index is 13.3. The summed E-state index contributed by atoms with van der Waals surface area (Å²) in [6, 6.07) is 1.46. The SMILES string of the molecule is CC(C)CNCc1cc(F)cnc1OCCOC(C)C. The third-order valence-corrected chi connectivity index (χ3v) is 2.53. The molecule has 1 N–H and O–H groups in total. The summed E-state index contributed by atoms with van der Waals surface area (Å²) in [5.74, 6) is 0.660. The summed E-state index contributed by atoms with van der Waals surface area (Å²) in [6.07, 6.45) is 1.34. The van der Waals surface area contributed by atoms with Gasteiger partial charge in [0.25, 0.3) is 0 Å². The zero-order chi connectivity index (χ0) is 15.0. The monoisotopic (exact) mass is 284 g/mol. The van der Waals surface area contributed by atoms with Crippen LogP contribution in [0.1, 0.15) is 33.3 Å². The number of hydrogen-bond acceptors (Lipinski definition) is 4. The second-order valence-electron chi connectivity index (χ2n) is 5.41.